The van der Waals surface area contributed by atoms with Crippen LogP contribution in [0.2, 0.25) is 0 Å². The van der Waals surface area contributed by atoms with Gasteiger partial charge in [0.1, 0.15) is 19.8 Å². The van der Waals surface area contributed by atoms with Gasteiger partial charge in [-0.05, 0) is 12.8 Å². The molecule has 0 rings (SSSR count). The van der Waals surface area contributed by atoms with Crippen LogP contribution in [0.3, 0.4) is 0 Å². The standard InChI is InChI=1S/C61H122NO8P/c1-6-8-10-12-14-16-18-20-22-23-24-25-26-27-28-29-30-31-32-33-34-35-36-37-38-40-42-44-46-48-50-52-54-61(64)70-59(58-69-71(65,66)68-56-55-62(3,4)5)57-67-60(63)53-51-49-47-45-43-41-39-21-19-17-15-13-11-9-7-2/h59H,6-58H2,1-5H3. The first-order valence-corrected chi connectivity index (χ1v) is 32.7. The molecule has 0 radical (unpaired) electrons. The van der Waals surface area contributed by atoms with E-state index in [2.05, 4.69) is 13.8 Å². The zero-order valence-electron chi connectivity index (χ0n) is 48.2. The van der Waals surface area contributed by atoms with Gasteiger partial charge in [0.15, 0.2) is 6.10 Å². The molecule has 0 aromatic carbocycles. The third-order valence-corrected chi connectivity index (χ3v) is 15.3. The van der Waals surface area contributed by atoms with Crippen LogP contribution in [0.15, 0.2) is 0 Å². The van der Waals surface area contributed by atoms with Gasteiger partial charge in [-0.25, -0.2) is 0 Å². The van der Waals surface area contributed by atoms with E-state index in [4.69, 9.17) is 18.5 Å². The Kier molecular flexibility index (Phi) is 53.1. The summed E-state index contributed by atoms with van der Waals surface area (Å²) >= 11 is 0. The maximum atomic E-state index is 12.8. The number of unbranched alkanes of at least 4 members (excludes halogenated alkanes) is 45. The average Bonchev–Trinajstić information content (AvgIpc) is 3.33. The number of ether oxygens (including phenoxy) is 2. The first kappa shape index (κ1) is 70.0. The lowest BCUT2D eigenvalue weighted by molar-refractivity contribution is -0.870. The first-order chi connectivity index (χ1) is 34.5. The van der Waals surface area contributed by atoms with Gasteiger partial charge in [-0.1, -0.05) is 303 Å². The van der Waals surface area contributed by atoms with E-state index in [-0.39, 0.29) is 32.0 Å². The molecule has 424 valence electrons. The summed E-state index contributed by atoms with van der Waals surface area (Å²) in [7, 11) is 1.19. The Labute approximate surface area is 442 Å². The number of nitrogens with zero attached hydrogens (tertiary/aromatic N) is 1. The lowest BCUT2D eigenvalue weighted by Crippen LogP contribution is -2.37. The molecule has 0 saturated carbocycles. The fourth-order valence-corrected chi connectivity index (χ4v) is 10.3. The third-order valence-electron chi connectivity index (χ3n) is 14.4. The van der Waals surface area contributed by atoms with Crippen LogP contribution < -0.4 is 4.89 Å². The highest BCUT2D eigenvalue weighted by atomic mass is 31.2. The summed E-state index contributed by atoms with van der Waals surface area (Å²) in [5.74, 6) is -0.809. The molecule has 9 nitrogen and oxygen atoms in total. The van der Waals surface area contributed by atoms with Gasteiger partial charge in [0.2, 0.25) is 0 Å². The molecule has 0 aliphatic rings. The summed E-state index contributed by atoms with van der Waals surface area (Å²) in [6.07, 6.45) is 61.8. The zero-order valence-corrected chi connectivity index (χ0v) is 49.1. The predicted octanol–water partition coefficient (Wildman–Crippen LogP) is 18.8. The van der Waals surface area contributed by atoms with E-state index in [0.717, 1.165) is 32.1 Å². The third kappa shape index (κ3) is 58.1. The Morgan fingerprint density at radius 3 is 0.901 bits per heavy atom. The molecule has 71 heavy (non-hydrogen) atoms. The van der Waals surface area contributed by atoms with Crippen LogP contribution in [0.25, 0.3) is 0 Å². The van der Waals surface area contributed by atoms with Crippen molar-refractivity contribution in [2.24, 2.45) is 0 Å². The molecule has 0 N–H and O–H groups in total. The molecule has 0 aromatic heterocycles. The van der Waals surface area contributed by atoms with E-state index < -0.39 is 26.5 Å². The summed E-state index contributed by atoms with van der Waals surface area (Å²) < 4.78 is 34.2. The molecule has 10 heteroatoms. The highest BCUT2D eigenvalue weighted by Gasteiger charge is 2.22. The van der Waals surface area contributed by atoms with Crippen LogP contribution in [0, 0.1) is 0 Å². The minimum absolute atomic E-state index is 0.0251. The number of esters is 2. The van der Waals surface area contributed by atoms with Crippen molar-refractivity contribution in [2.45, 2.75) is 335 Å². The predicted molar refractivity (Wildman–Crippen MR) is 301 cm³/mol. The Morgan fingerprint density at radius 2 is 0.634 bits per heavy atom. The van der Waals surface area contributed by atoms with Crippen LogP contribution in [0.4, 0.5) is 0 Å². The molecular weight excluding hydrogens is 906 g/mol. The first-order valence-electron chi connectivity index (χ1n) is 31.2. The number of quaternary nitrogens is 1. The molecule has 0 aliphatic heterocycles. The van der Waals surface area contributed by atoms with Crippen LogP contribution in [-0.2, 0) is 32.7 Å². The van der Waals surface area contributed by atoms with Crippen molar-refractivity contribution in [3.8, 4) is 0 Å². The van der Waals surface area contributed by atoms with Crippen LogP contribution >= 0.6 is 7.82 Å². The van der Waals surface area contributed by atoms with Crippen LogP contribution in [0.1, 0.15) is 328 Å². The number of carbonyl (C=O) groups excluding carboxylic acids is 2. The van der Waals surface area contributed by atoms with Crippen molar-refractivity contribution in [1.29, 1.82) is 0 Å². The fourth-order valence-electron chi connectivity index (χ4n) is 9.54. The van der Waals surface area contributed by atoms with Gasteiger partial charge < -0.3 is 27.9 Å². The lowest BCUT2D eigenvalue weighted by atomic mass is 10.0. The molecular formula is C61H122NO8P. The second-order valence-corrected chi connectivity index (χ2v) is 24.2. The number of carbonyl (C=O) groups is 2. The molecule has 0 amide bonds. The number of likely N-dealkylation sites (N-methyl/N-ethyl adjacent to an activating group) is 1. The molecule has 2 unspecified atom stereocenters. The summed E-state index contributed by atoms with van der Waals surface area (Å²) in [5, 5.41) is 0. The maximum Gasteiger partial charge on any atom is 0.306 e. The Morgan fingerprint density at radius 1 is 0.380 bits per heavy atom. The number of hydrogen-bond donors (Lipinski definition) is 0. The molecule has 0 aliphatic carbocycles. The van der Waals surface area contributed by atoms with E-state index in [0.29, 0.717) is 17.4 Å². The Bertz CT molecular complexity index is 1160. The van der Waals surface area contributed by atoms with Gasteiger partial charge in [0.05, 0.1) is 27.7 Å². The van der Waals surface area contributed by atoms with E-state index in [1.807, 2.05) is 21.1 Å². The molecule has 0 saturated heterocycles. The highest BCUT2D eigenvalue weighted by molar-refractivity contribution is 7.45. The zero-order chi connectivity index (χ0) is 52.0. The van der Waals surface area contributed by atoms with Crippen molar-refractivity contribution in [1.82, 2.24) is 0 Å². The quantitative estimate of drug-likeness (QED) is 0.0256. The minimum Gasteiger partial charge on any atom is -0.756 e. The maximum absolute atomic E-state index is 12.8. The summed E-state index contributed by atoms with van der Waals surface area (Å²) in [5.41, 5.74) is 0. The molecule has 2 atom stereocenters. The monoisotopic (exact) mass is 1030 g/mol. The van der Waals surface area contributed by atoms with Gasteiger partial charge in [-0.3, -0.25) is 14.2 Å². The van der Waals surface area contributed by atoms with E-state index >= 15 is 0 Å². The number of rotatable bonds is 59. The number of phosphoric ester groups is 1. The SMILES string of the molecule is CCCCCCCCCCCCCCCCCCCCCCCCCCCCCCCCCCC(=O)OC(COC(=O)CCCCCCCCCCCCCCCCC)COP(=O)([O-])OCC[N+](C)(C)C. The van der Waals surface area contributed by atoms with Crippen LogP contribution in [0.5, 0.6) is 0 Å². The largest absolute Gasteiger partial charge is 0.756 e. The van der Waals surface area contributed by atoms with Gasteiger partial charge in [-0.2, -0.15) is 0 Å². The molecule has 0 bridgehead atoms. The summed E-state index contributed by atoms with van der Waals surface area (Å²) in [4.78, 5) is 37.8. The van der Waals surface area contributed by atoms with E-state index in [1.54, 1.807) is 0 Å². The summed E-state index contributed by atoms with van der Waals surface area (Å²) in [6.45, 7) is 4.31. The summed E-state index contributed by atoms with van der Waals surface area (Å²) in [6, 6.07) is 0. The second kappa shape index (κ2) is 53.8. The second-order valence-electron chi connectivity index (χ2n) is 22.8. The Hall–Kier alpha value is -0.990. The number of hydrogen-bond acceptors (Lipinski definition) is 8. The van der Waals surface area contributed by atoms with Crippen molar-refractivity contribution in [3.05, 3.63) is 0 Å². The molecule has 0 heterocycles. The normalized spacial score (nSPS) is 13.2. The van der Waals surface area contributed by atoms with Crippen LogP contribution in [-0.4, -0.2) is 70.0 Å². The highest BCUT2D eigenvalue weighted by Crippen LogP contribution is 2.38. The van der Waals surface area contributed by atoms with Gasteiger partial charge in [-0.15, -0.1) is 0 Å². The average molecular weight is 1030 g/mol. The van der Waals surface area contributed by atoms with E-state index in [9.17, 15) is 19.0 Å². The molecule has 0 fully saturated rings. The Balaban J connectivity index is 3.95. The fraction of sp³-hybridized carbons (Fsp3) is 0.967. The lowest BCUT2D eigenvalue weighted by Gasteiger charge is -2.28. The topological polar surface area (TPSA) is 111 Å². The molecule has 0 spiro atoms. The van der Waals surface area contributed by atoms with E-state index in [1.165, 1.54) is 263 Å². The van der Waals surface area contributed by atoms with Crippen molar-refractivity contribution >= 4 is 19.8 Å². The van der Waals surface area contributed by atoms with Gasteiger partial charge in [0, 0.05) is 12.8 Å². The van der Waals surface area contributed by atoms with Crippen molar-refractivity contribution < 1.29 is 42.1 Å². The smallest absolute Gasteiger partial charge is 0.306 e. The van der Waals surface area contributed by atoms with Crippen molar-refractivity contribution in [3.63, 3.8) is 0 Å². The van der Waals surface area contributed by atoms with Gasteiger partial charge >= 0.3 is 11.9 Å². The molecule has 0 aromatic rings. The number of phosphoric acid groups is 1. The minimum atomic E-state index is -4.63. The van der Waals surface area contributed by atoms with Crippen molar-refractivity contribution in [2.75, 3.05) is 47.5 Å². The van der Waals surface area contributed by atoms with Gasteiger partial charge in [0.25, 0.3) is 7.82 Å².